The van der Waals surface area contributed by atoms with Crippen LogP contribution in [0.3, 0.4) is 0 Å². The van der Waals surface area contributed by atoms with Crippen molar-refractivity contribution in [1.82, 2.24) is 3.38 Å². The van der Waals surface area contributed by atoms with E-state index in [2.05, 4.69) is 31.1 Å². The molecule has 0 rings (SSSR count). The van der Waals surface area contributed by atoms with Gasteiger partial charge in [0, 0.05) is 0 Å². The molecule has 0 aromatic heterocycles. The van der Waals surface area contributed by atoms with E-state index in [0.29, 0.717) is 5.92 Å². The Labute approximate surface area is 214 Å². The molecule has 0 saturated heterocycles. The fraction of sp³-hybridized carbons (Fsp3) is 1.00. The molecule has 2 nitrogen and oxygen atoms in total. The predicted octanol–water partition coefficient (Wildman–Crippen LogP) is 10.4. The van der Waals surface area contributed by atoms with Crippen LogP contribution < -0.4 is 0 Å². The van der Waals surface area contributed by atoms with Gasteiger partial charge in [-0.2, -0.15) is 0 Å². The summed E-state index contributed by atoms with van der Waals surface area (Å²) in [6, 6.07) is 0. The maximum atomic E-state index is 6.95. The van der Waals surface area contributed by atoms with Crippen LogP contribution in [0.4, 0.5) is 0 Å². The second kappa shape index (κ2) is 26.5. The molecule has 0 heterocycles. The summed E-state index contributed by atoms with van der Waals surface area (Å²) in [5, 5.41) is 0. The molecule has 0 aromatic rings. The molecule has 32 heavy (non-hydrogen) atoms. The van der Waals surface area contributed by atoms with Gasteiger partial charge in [-0.25, -0.2) is 0 Å². The van der Waals surface area contributed by atoms with E-state index >= 15 is 0 Å². The van der Waals surface area contributed by atoms with Crippen LogP contribution in [0.5, 0.6) is 0 Å². The summed E-state index contributed by atoms with van der Waals surface area (Å²) in [4.78, 5) is 0. The van der Waals surface area contributed by atoms with Gasteiger partial charge >= 0.3 is 215 Å². The molecule has 4 heteroatoms. The van der Waals surface area contributed by atoms with Crippen molar-refractivity contribution in [3.8, 4) is 0 Å². The van der Waals surface area contributed by atoms with E-state index in [-0.39, 0.29) is 0 Å². The van der Waals surface area contributed by atoms with E-state index in [9.17, 15) is 0 Å². The third-order valence-electron chi connectivity index (χ3n) is 6.79. The topological polar surface area (TPSA) is 12.5 Å². The zero-order valence-corrected chi connectivity index (χ0v) is 24.9. The van der Waals surface area contributed by atoms with Crippen molar-refractivity contribution in [1.29, 1.82) is 0 Å². The Balaban J connectivity index is 4.23. The quantitative estimate of drug-likeness (QED) is 0.0850. The molecule has 0 fully saturated rings. The van der Waals surface area contributed by atoms with E-state index < -0.39 is 17.5 Å². The minimum absolute atomic E-state index is 0.698. The molecule has 0 aromatic carbocycles. The van der Waals surface area contributed by atoms with Crippen molar-refractivity contribution in [3.63, 3.8) is 0 Å². The second-order valence-corrected chi connectivity index (χ2v) is 13.5. The first kappa shape index (κ1) is 32.9. The molecule has 0 saturated carbocycles. The van der Waals surface area contributed by atoms with Gasteiger partial charge in [0.2, 0.25) is 0 Å². The fourth-order valence-electron chi connectivity index (χ4n) is 4.34. The van der Waals surface area contributed by atoms with E-state index in [1.807, 2.05) is 0 Å². The summed E-state index contributed by atoms with van der Waals surface area (Å²) in [7, 11) is 6.95. The summed E-state index contributed by atoms with van der Waals surface area (Å²) in [5.41, 5.74) is 0. The van der Waals surface area contributed by atoms with E-state index in [0.717, 1.165) is 19.7 Å². The molecule has 0 amide bonds. The molecule has 0 radical (unpaired) electrons. The fourth-order valence-corrected chi connectivity index (χ4v) is 7.20. The Morgan fingerprint density at radius 1 is 0.594 bits per heavy atom. The zero-order valence-electron chi connectivity index (χ0n) is 22.6. The van der Waals surface area contributed by atoms with E-state index in [1.165, 1.54) is 128 Å². The molecule has 0 aliphatic rings. The predicted molar refractivity (Wildman–Crippen MR) is 142 cm³/mol. The van der Waals surface area contributed by atoms with Crippen molar-refractivity contribution in [3.05, 3.63) is 0 Å². The monoisotopic (exact) mass is 508 g/mol. The van der Waals surface area contributed by atoms with Crippen LogP contribution in [0.25, 0.3) is 0 Å². The molecule has 1 atom stereocenters. The van der Waals surface area contributed by atoms with E-state index in [4.69, 9.17) is 12.6 Å². The molecule has 193 valence electrons. The Morgan fingerprint density at radius 3 is 1.41 bits per heavy atom. The van der Waals surface area contributed by atoms with Crippen molar-refractivity contribution in [2.45, 2.75) is 156 Å². The van der Waals surface area contributed by atoms with Gasteiger partial charge in [-0.05, 0) is 0 Å². The number of halogens is 1. The molecule has 0 bridgehead atoms. The van der Waals surface area contributed by atoms with Gasteiger partial charge in [0.1, 0.15) is 0 Å². The van der Waals surface area contributed by atoms with Crippen LogP contribution in [-0.4, -0.2) is 23.1 Å². The van der Waals surface area contributed by atoms with Crippen LogP contribution in [0, 0.1) is 5.92 Å². The van der Waals surface area contributed by atoms with Gasteiger partial charge in [0.25, 0.3) is 0 Å². The second-order valence-electron chi connectivity index (χ2n) is 9.92. The average molecular weight is 509 g/mol. The third kappa shape index (κ3) is 21.5. The average Bonchev–Trinajstić information content (AvgIpc) is 2.81. The normalized spacial score (nSPS) is 12.6. The van der Waals surface area contributed by atoms with Crippen molar-refractivity contribution in [2.24, 2.45) is 5.92 Å². The number of hydrogen-bond donors (Lipinski definition) is 0. The maximum absolute atomic E-state index is 6.95. The Bertz CT molecular complexity index is 338. The van der Waals surface area contributed by atoms with Crippen LogP contribution in [-0.2, 0) is 20.8 Å². The molecule has 0 aliphatic heterocycles. The molecule has 0 spiro atoms. The van der Waals surface area contributed by atoms with Crippen molar-refractivity contribution >= 4 is 9.30 Å². The molecule has 0 aliphatic carbocycles. The molecular formula is C28H59ClNOTi. The minimum atomic E-state index is -2.07. The zero-order chi connectivity index (χ0) is 23.7. The van der Waals surface area contributed by atoms with Gasteiger partial charge in [0.05, 0.1) is 0 Å². The van der Waals surface area contributed by atoms with Gasteiger partial charge in [-0.3, -0.25) is 0 Å². The standard InChI is InChI=1S/C20H42N.C8H17O.ClH.Ti/c1-3-5-7-9-11-13-15-17-19-21-20-18-16-14-12-10-8-6-4-2;1-3-5-6-8(4-2)7-9;;/h3-20H2,1-2H3;8H,3-7H2,1-2H3;1H;/q2*-1;;+3/p-1. The Morgan fingerprint density at radius 2 is 1.00 bits per heavy atom. The van der Waals surface area contributed by atoms with Crippen LogP contribution in [0.2, 0.25) is 0 Å². The molecular weight excluding hydrogens is 450 g/mol. The van der Waals surface area contributed by atoms with Gasteiger partial charge in [0.15, 0.2) is 0 Å². The van der Waals surface area contributed by atoms with Gasteiger partial charge in [-0.1, -0.05) is 0 Å². The number of unbranched alkanes of at least 4 members (excludes halogenated alkanes) is 15. The number of hydrogen-bond acceptors (Lipinski definition) is 2. The number of nitrogens with zero attached hydrogens (tertiary/aromatic N) is 1. The first-order valence-corrected chi connectivity index (χ1v) is 18.1. The molecule has 1 unspecified atom stereocenters. The Kier molecular flexibility index (Phi) is 27.3. The summed E-state index contributed by atoms with van der Waals surface area (Å²) in [5.74, 6) is 0.698. The van der Waals surface area contributed by atoms with Gasteiger partial charge in [-0.15, -0.1) is 0 Å². The van der Waals surface area contributed by atoms with Crippen LogP contribution in [0.15, 0.2) is 0 Å². The summed E-state index contributed by atoms with van der Waals surface area (Å²) >= 11 is -2.07. The van der Waals surface area contributed by atoms with Crippen LogP contribution >= 0.6 is 9.30 Å². The van der Waals surface area contributed by atoms with Crippen molar-refractivity contribution < 1.29 is 20.8 Å². The van der Waals surface area contributed by atoms with Crippen LogP contribution in [0.1, 0.15) is 156 Å². The Hall–Kier alpha value is 0.924. The first-order chi connectivity index (χ1) is 15.7. The SMILES string of the molecule is CCCCCCCCCC[N](CCCCCCCCCC)[Ti]([Cl])[O]CC(CC)CCCC. The summed E-state index contributed by atoms with van der Waals surface area (Å²) < 4.78 is 8.94. The summed E-state index contributed by atoms with van der Waals surface area (Å²) in [6.07, 6.45) is 27.2. The van der Waals surface area contributed by atoms with E-state index in [1.54, 1.807) is 0 Å². The van der Waals surface area contributed by atoms with Crippen molar-refractivity contribution in [2.75, 3.05) is 19.7 Å². The first-order valence-electron chi connectivity index (χ1n) is 14.6. The van der Waals surface area contributed by atoms with Gasteiger partial charge < -0.3 is 0 Å². The molecule has 0 N–H and O–H groups in total. The number of rotatable bonds is 26. The third-order valence-corrected chi connectivity index (χ3v) is 10.3. The summed E-state index contributed by atoms with van der Waals surface area (Å²) in [6.45, 7) is 12.4.